The van der Waals surface area contributed by atoms with Crippen molar-refractivity contribution in [1.82, 2.24) is 9.97 Å². The lowest BCUT2D eigenvalue weighted by Gasteiger charge is -2.12. The minimum absolute atomic E-state index is 0.0668. The zero-order valence-electron chi connectivity index (χ0n) is 11.0. The molecule has 0 aliphatic rings. The van der Waals surface area contributed by atoms with Crippen molar-refractivity contribution in [3.8, 4) is 0 Å². The van der Waals surface area contributed by atoms with Gasteiger partial charge in [-0.1, -0.05) is 20.8 Å². The first kappa shape index (κ1) is 13.5. The van der Waals surface area contributed by atoms with E-state index < -0.39 is 5.91 Å². The fraction of sp³-hybridized carbons (Fsp3) is 0.308. The van der Waals surface area contributed by atoms with Gasteiger partial charge in [-0.25, -0.2) is 9.97 Å². The molecule has 0 aliphatic heterocycles. The van der Waals surface area contributed by atoms with Gasteiger partial charge in [-0.15, -0.1) is 11.3 Å². The number of hydrogen-bond acceptors (Lipinski definition) is 5. The summed E-state index contributed by atoms with van der Waals surface area (Å²) in [5.74, 6) is 0.837. The van der Waals surface area contributed by atoms with Gasteiger partial charge in [0.15, 0.2) is 5.01 Å². The Hall–Kier alpha value is -1.95. The van der Waals surface area contributed by atoms with Crippen LogP contribution < -0.4 is 5.73 Å². The molecule has 5 nitrogen and oxygen atoms in total. The van der Waals surface area contributed by atoms with Crippen LogP contribution in [0.3, 0.4) is 0 Å². The highest BCUT2D eigenvalue weighted by molar-refractivity contribution is 7.14. The third kappa shape index (κ3) is 3.29. The number of amides is 1. The van der Waals surface area contributed by atoms with E-state index in [-0.39, 0.29) is 5.41 Å². The van der Waals surface area contributed by atoms with Crippen molar-refractivity contribution in [2.24, 2.45) is 5.73 Å². The van der Waals surface area contributed by atoms with Gasteiger partial charge in [0.1, 0.15) is 5.76 Å². The van der Waals surface area contributed by atoms with Crippen LogP contribution in [0.25, 0.3) is 12.2 Å². The first-order valence-electron chi connectivity index (χ1n) is 5.76. The van der Waals surface area contributed by atoms with Crippen molar-refractivity contribution in [3.63, 3.8) is 0 Å². The van der Waals surface area contributed by atoms with Crippen LogP contribution in [0.4, 0.5) is 0 Å². The normalized spacial score (nSPS) is 12.2. The van der Waals surface area contributed by atoms with Crippen LogP contribution in [-0.2, 0) is 5.41 Å². The molecule has 0 unspecified atom stereocenters. The summed E-state index contributed by atoms with van der Waals surface area (Å²) in [6.07, 6.45) is 6.85. The molecule has 0 radical (unpaired) electrons. The molecule has 0 bridgehead atoms. The summed E-state index contributed by atoms with van der Waals surface area (Å²) >= 11 is 1.23. The van der Waals surface area contributed by atoms with E-state index in [1.165, 1.54) is 11.3 Å². The molecule has 2 aromatic heterocycles. The Labute approximate surface area is 115 Å². The second-order valence-corrected chi connectivity index (χ2v) is 6.14. The number of oxazole rings is 1. The maximum absolute atomic E-state index is 10.9. The van der Waals surface area contributed by atoms with Gasteiger partial charge in [0.2, 0.25) is 5.89 Å². The summed E-state index contributed by atoms with van der Waals surface area (Å²) in [6, 6.07) is 0. The molecule has 6 heteroatoms. The van der Waals surface area contributed by atoms with Gasteiger partial charge in [-0.05, 0) is 6.08 Å². The van der Waals surface area contributed by atoms with Crippen molar-refractivity contribution in [2.45, 2.75) is 26.2 Å². The number of rotatable bonds is 3. The molecule has 19 heavy (non-hydrogen) atoms. The second-order valence-electron chi connectivity index (χ2n) is 5.08. The average Bonchev–Trinajstić information content (AvgIpc) is 2.95. The summed E-state index contributed by atoms with van der Waals surface area (Å²) in [5, 5.41) is 0.294. The number of carbonyl (C=O) groups is 1. The van der Waals surface area contributed by atoms with Crippen LogP contribution in [-0.4, -0.2) is 15.9 Å². The van der Waals surface area contributed by atoms with E-state index in [2.05, 4.69) is 30.7 Å². The van der Waals surface area contributed by atoms with Gasteiger partial charge < -0.3 is 10.2 Å². The number of nitrogens with two attached hydrogens (primary N) is 1. The smallest absolute Gasteiger partial charge is 0.277 e. The minimum Gasteiger partial charge on any atom is -0.441 e. The van der Waals surface area contributed by atoms with Crippen LogP contribution in [0.1, 0.15) is 47.1 Å². The van der Waals surface area contributed by atoms with Gasteiger partial charge in [0.25, 0.3) is 5.91 Å². The molecule has 0 saturated heterocycles. The zero-order chi connectivity index (χ0) is 14.0. The molecule has 2 aromatic rings. The summed E-state index contributed by atoms with van der Waals surface area (Å²) in [7, 11) is 0. The lowest BCUT2D eigenvalue weighted by molar-refractivity contribution is 0.1000. The molecular weight excluding hydrogens is 262 g/mol. The SMILES string of the molecule is CC(C)(C)c1cnc(/C=C/c2cnc(C(N)=O)s2)o1. The molecule has 0 aliphatic carbocycles. The summed E-state index contributed by atoms with van der Waals surface area (Å²) < 4.78 is 5.62. The highest BCUT2D eigenvalue weighted by Crippen LogP contribution is 2.23. The lowest BCUT2D eigenvalue weighted by Crippen LogP contribution is -2.09. The number of primary amides is 1. The number of nitrogens with zero attached hydrogens (tertiary/aromatic N) is 2. The molecule has 100 valence electrons. The number of aromatic nitrogens is 2. The fourth-order valence-electron chi connectivity index (χ4n) is 1.34. The van der Waals surface area contributed by atoms with Crippen LogP contribution in [0.5, 0.6) is 0 Å². The van der Waals surface area contributed by atoms with Crippen LogP contribution in [0.15, 0.2) is 16.8 Å². The van der Waals surface area contributed by atoms with Crippen molar-refractivity contribution in [1.29, 1.82) is 0 Å². The van der Waals surface area contributed by atoms with E-state index in [1.54, 1.807) is 24.5 Å². The first-order valence-corrected chi connectivity index (χ1v) is 6.58. The standard InChI is InChI=1S/C13H15N3O2S/c1-13(2,3)9-7-15-10(18-9)5-4-8-6-16-12(19-8)11(14)17/h4-7H,1-3H3,(H2,14,17)/b5-4+. The third-order valence-corrected chi connectivity index (χ3v) is 3.36. The topological polar surface area (TPSA) is 82.0 Å². The van der Waals surface area contributed by atoms with Gasteiger partial charge in [-0.3, -0.25) is 4.79 Å². The van der Waals surface area contributed by atoms with E-state index in [9.17, 15) is 4.79 Å². The Balaban J connectivity index is 2.14. The molecule has 2 heterocycles. The lowest BCUT2D eigenvalue weighted by atomic mass is 9.94. The Bertz CT molecular complexity index is 620. The second kappa shape index (κ2) is 4.97. The van der Waals surface area contributed by atoms with Crippen molar-refractivity contribution >= 4 is 29.4 Å². The van der Waals surface area contributed by atoms with E-state index in [1.807, 2.05) is 0 Å². The Kier molecular flexibility index (Phi) is 3.53. The van der Waals surface area contributed by atoms with Crippen molar-refractivity contribution in [2.75, 3.05) is 0 Å². The maximum Gasteiger partial charge on any atom is 0.277 e. The minimum atomic E-state index is -0.518. The number of carbonyl (C=O) groups excluding carboxylic acids is 1. The molecule has 0 spiro atoms. The van der Waals surface area contributed by atoms with Gasteiger partial charge in [-0.2, -0.15) is 0 Å². The zero-order valence-corrected chi connectivity index (χ0v) is 11.8. The Morgan fingerprint density at radius 2 is 2.05 bits per heavy atom. The summed E-state index contributed by atoms with van der Waals surface area (Å²) in [5.41, 5.74) is 5.07. The van der Waals surface area contributed by atoms with E-state index >= 15 is 0 Å². The number of thiazole rings is 1. The molecule has 0 atom stereocenters. The molecule has 1 amide bonds. The molecule has 0 aromatic carbocycles. The van der Waals surface area contributed by atoms with Crippen molar-refractivity contribution in [3.05, 3.63) is 33.9 Å². The molecule has 2 rings (SSSR count). The van der Waals surface area contributed by atoms with Crippen LogP contribution in [0, 0.1) is 0 Å². The van der Waals surface area contributed by atoms with Crippen LogP contribution >= 0.6 is 11.3 Å². The Morgan fingerprint density at radius 1 is 1.32 bits per heavy atom. The third-order valence-electron chi connectivity index (χ3n) is 2.39. The predicted octanol–water partition coefficient (Wildman–Crippen LogP) is 2.70. The van der Waals surface area contributed by atoms with Gasteiger partial charge in [0, 0.05) is 22.6 Å². The summed E-state index contributed by atoms with van der Waals surface area (Å²) in [6.45, 7) is 6.18. The van der Waals surface area contributed by atoms with Crippen LogP contribution in [0.2, 0.25) is 0 Å². The Morgan fingerprint density at radius 3 is 2.58 bits per heavy atom. The van der Waals surface area contributed by atoms with Gasteiger partial charge in [0.05, 0.1) is 6.20 Å². The van der Waals surface area contributed by atoms with E-state index in [4.69, 9.17) is 10.2 Å². The molecule has 0 fully saturated rings. The van der Waals surface area contributed by atoms with E-state index in [0.29, 0.717) is 10.9 Å². The maximum atomic E-state index is 10.9. The average molecular weight is 277 g/mol. The monoisotopic (exact) mass is 277 g/mol. The van der Waals surface area contributed by atoms with E-state index in [0.717, 1.165) is 10.6 Å². The highest BCUT2D eigenvalue weighted by Gasteiger charge is 2.18. The quantitative estimate of drug-likeness (QED) is 0.935. The number of hydrogen-bond donors (Lipinski definition) is 1. The summed E-state index contributed by atoms with van der Waals surface area (Å²) in [4.78, 5) is 19.8. The highest BCUT2D eigenvalue weighted by atomic mass is 32.1. The first-order chi connectivity index (χ1) is 8.86. The molecule has 2 N–H and O–H groups in total. The fourth-order valence-corrected chi connectivity index (χ4v) is 2.01. The molecule has 0 saturated carbocycles. The van der Waals surface area contributed by atoms with Gasteiger partial charge >= 0.3 is 0 Å². The predicted molar refractivity (Wildman–Crippen MR) is 74.8 cm³/mol. The van der Waals surface area contributed by atoms with Crippen molar-refractivity contribution < 1.29 is 9.21 Å². The largest absolute Gasteiger partial charge is 0.441 e. The molecular formula is C13H15N3O2S.